The second kappa shape index (κ2) is 11.4. The minimum absolute atomic E-state index is 0.0347. The van der Waals surface area contributed by atoms with E-state index in [-0.39, 0.29) is 11.7 Å². The van der Waals surface area contributed by atoms with Gasteiger partial charge in [0.25, 0.3) is 5.91 Å². The van der Waals surface area contributed by atoms with E-state index in [0.717, 1.165) is 73.0 Å². The van der Waals surface area contributed by atoms with E-state index in [1.54, 1.807) is 11.3 Å². The van der Waals surface area contributed by atoms with Crippen molar-refractivity contribution >= 4 is 17.2 Å². The number of rotatable bonds is 6. The third-order valence-electron chi connectivity index (χ3n) is 7.53. The Labute approximate surface area is 223 Å². The van der Waals surface area contributed by atoms with Crippen LogP contribution in [0.4, 0.5) is 4.39 Å². The number of hydrogen-bond donors (Lipinski definition) is 1. The molecule has 0 radical (unpaired) electrons. The van der Waals surface area contributed by atoms with Gasteiger partial charge in [0, 0.05) is 44.8 Å². The number of carbonyl (C=O) groups is 1. The zero-order valence-electron chi connectivity index (χ0n) is 22.0. The molecule has 5 rings (SSSR count). The highest BCUT2D eigenvalue weighted by molar-refractivity contribution is 7.15. The fourth-order valence-electron chi connectivity index (χ4n) is 5.80. The minimum Gasteiger partial charge on any atom is -0.337 e. The smallest absolute Gasteiger partial charge is 0.273 e. The van der Waals surface area contributed by atoms with Crippen LogP contribution in [0, 0.1) is 18.7 Å². The number of aromatic nitrogens is 1. The molecular weight excluding hydrogens is 483 g/mol. The van der Waals surface area contributed by atoms with Gasteiger partial charge in [0.1, 0.15) is 11.5 Å². The summed E-state index contributed by atoms with van der Waals surface area (Å²) in [5.74, 6) is 0.352. The van der Waals surface area contributed by atoms with Crippen LogP contribution in [0.1, 0.15) is 53.3 Å². The largest absolute Gasteiger partial charge is 0.337 e. The monoisotopic (exact) mass is 520 g/mol. The molecule has 7 heteroatoms. The molecule has 0 bridgehead atoms. The van der Waals surface area contributed by atoms with Gasteiger partial charge in [0.05, 0.1) is 9.88 Å². The molecule has 0 spiro atoms. The molecule has 37 heavy (non-hydrogen) atoms. The number of hydrogen-bond acceptors (Lipinski definition) is 5. The maximum absolute atomic E-state index is 13.5. The van der Waals surface area contributed by atoms with Crippen LogP contribution >= 0.6 is 11.3 Å². The second-order valence-electron chi connectivity index (χ2n) is 10.8. The Balaban J connectivity index is 1.22. The van der Waals surface area contributed by atoms with Gasteiger partial charge in [-0.05, 0) is 74.8 Å². The Bertz CT molecular complexity index is 1190. The number of amides is 1. The summed E-state index contributed by atoms with van der Waals surface area (Å²) < 4.78 is 13.2. The van der Waals surface area contributed by atoms with Crippen molar-refractivity contribution in [3.05, 3.63) is 76.2 Å². The van der Waals surface area contributed by atoms with Gasteiger partial charge in [-0.15, -0.1) is 11.3 Å². The molecule has 2 fully saturated rings. The number of carbonyl (C=O) groups excluding carboxylic acids is 1. The minimum atomic E-state index is -0.197. The van der Waals surface area contributed by atoms with Gasteiger partial charge in [-0.2, -0.15) is 0 Å². The molecule has 2 aliphatic heterocycles. The van der Waals surface area contributed by atoms with Crippen LogP contribution in [0.2, 0.25) is 0 Å². The van der Waals surface area contributed by atoms with E-state index in [9.17, 15) is 9.18 Å². The summed E-state index contributed by atoms with van der Waals surface area (Å²) in [6, 6.07) is 16.5. The SMILES string of the molecule is Cc1nc(C(=O)N2CCC(Cc3ccc(F)cc3)CC2)c(-c2ccc(CN3C[C@@H](C)N[C@@H](C)C3)cc2)s1. The molecule has 0 unspecified atom stereocenters. The standard InChI is InChI=1S/C30H37FN4OS/c1-20-17-34(18-21(2)32-20)19-25-4-8-26(9-5-25)29-28(33-22(3)37-29)30(36)35-14-12-24(13-15-35)16-23-6-10-27(31)11-7-23/h4-11,20-21,24,32H,12-19H2,1-3H3/t20-,21+. The maximum atomic E-state index is 13.5. The second-order valence-corrected chi connectivity index (χ2v) is 12.0. The van der Waals surface area contributed by atoms with E-state index in [4.69, 9.17) is 0 Å². The predicted molar refractivity (Wildman–Crippen MR) is 148 cm³/mol. The Hall–Kier alpha value is -2.61. The Morgan fingerprint density at radius 2 is 1.62 bits per heavy atom. The Morgan fingerprint density at radius 1 is 1.00 bits per heavy atom. The number of benzene rings is 2. The molecule has 1 aromatic heterocycles. The fraction of sp³-hybridized carbons (Fsp3) is 0.467. The molecule has 1 N–H and O–H groups in total. The lowest BCUT2D eigenvalue weighted by atomic mass is 9.90. The van der Waals surface area contributed by atoms with Crippen LogP contribution in [-0.4, -0.2) is 59.0 Å². The Kier molecular flexibility index (Phi) is 8.03. The van der Waals surface area contributed by atoms with Gasteiger partial charge < -0.3 is 10.2 Å². The van der Waals surface area contributed by atoms with Crippen molar-refractivity contribution in [1.82, 2.24) is 20.1 Å². The molecule has 2 saturated heterocycles. The van der Waals surface area contributed by atoms with Crippen molar-refractivity contribution in [3.63, 3.8) is 0 Å². The first kappa shape index (κ1) is 26.0. The van der Waals surface area contributed by atoms with Crippen molar-refractivity contribution in [2.75, 3.05) is 26.2 Å². The number of piperazine rings is 1. The number of halogens is 1. The molecule has 3 heterocycles. The zero-order valence-corrected chi connectivity index (χ0v) is 22.9. The molecule has 2 aliphatic rings. The summed E-state index contributed by atoms with van der Waals surface area (Å²) in [5.41, 5.74) is 4.10. The molecule has 5 nitrogen and oxygen atoms in total. The van der Waals surface area contributed by atoms with Gasteiger partial charge in [-0.25, -0.2) is 9.37 Å². The van der Waals surface area contributed by atoms with Gasteiger partial charge in [0.2, 0.25) is 0 Å². The number of thiazole rings is 1. The predicted octanol–water partition coefficient (Wildman–Crippen LogP) is 5.53. The molecule has 0 aliphatic carbocycles. The molecule has 2 aromatic carbocycles. The first-order valence-corrected chi connectivity index (χ1v) is 14.2. The average Bonchev–Trinajstić information content (AvgIpc) is 3.27. The third-order valence-corrected chi connectivity index (χ3v) is 8.55. The van der Waals surface area contributed by atoms with E-state index in [0.29, 0.717) is 23.7 Å². The molecule has 3 aromatic rings. The normalized spacial score (nSPS) is 21.4. The van der Waals surface area contributed by atoms with E-state index in [2.05, 4.69) is 53.3 Å². The molecule has 196 valence electrons. The molecular formula is C30H37FN4OS. The summed E-state index contributed by atoms with van der Waals surface area (Å²) in [4.78, 5) is 23.6. The highest BCUT2D eigenvalue weighted by Gasteiger charge is 2.28. The number of nitrogens with zero attached hydrogens (tertiary/aromatic N) is 3. The molecule has 2 atom stereocenters. The van der Waals surface area contributed by atoms with Crippen molar-refractivity contribution < 1.29 is 9.18 Å². The molecule has 0 saturated carbocycles. The van der Waals surface area contributed by atoms with Crippen molar-refractivity contribution in [3.8, 4) is 10.4 Å². The number of piperidine rings is 1. The van der Waals surface area contributed by atoms with Gasteiger partial charge in [-0.3, -0.25) is 9.69 Å². The van der Waals surface area contributed by atoms with Gasteiger partial charge in [-0.1, -0.05) is 36.4 Å². The Morgan fingerprint density at radius 3 is 2.27 bits per heavy atom. The number of likely N-dealkylation sites (tertiary alicyclic amines) is 1. The zero-order chi connectivity index (χ0) is 25.9. The van der Waals surface area contributed by atoms with Crippen molar-refractivity contribution in [2.24, 2.45) is 5.92 Å². The van der Waals surface area contributed by atoms with Crippen LogP contribution in [0.25, 0.3) is 10.4 Å². The summed E-state index contributed by atoms with van der Waals surface area (Å²) >= 11 is 1.60. The van der Waals surface area contributed by atoms with Crippen molar-refractivity contribution in [2.45, 2.75) is 58.7 Å². The van der Waals surface area contributed by atoms with E-state index < -0.39 is 0 Å². The first-order chi connectivity index (χ1) is 17.8. The highest BCUT2D eigenvalue weighted by atomic mass is 32.1. The lowest BCUT2D eigenvalue weighted by Crippen LogP contribution is -2.53. The van der Waals surface area contributed by atoms with Gasteiger partial charge in [0.15, 0.2) is 0 Å². The van der Waals surface area contributed by atoms with Crippen molar-refractivity contribution in [1.29, 1.82) is 0 Å². The average molecular weight is 521 g/mol. The van der Waals surface area contributed by atoms with Crippen LogP contribution in [0.3, 0.4) is 0 Å². The van der Waals surface area contributed by atoms with E-state index >= 15 is 0 Å². The van der Waals surface area contributed by atoms with E-state index in [1.165, 1.54) is 17.7 Å². The van der Waals surface area contributed by atoms with Crippen LogP contribution in [0.5, 0.6) is 0 Å². The maximum Gasteiger partial charge on any atom is 0.273 e. The third kappa shape index (κ3) is 6.46. The number of nitrogens with one attached hydrogen (secondary N) is 1. The number of aryl methyl sites for hydroxylation is 1. The fourth-order valence-corrected chi connectivity index (χ4v) is 6.72. The summed E-state index contributed by atoms with van der Waals surface area (Å²) in [7, 11) is 0. The molecule has 1 amide bonds. The van der Waals surface area contributed by atoms with Crippen LogP contribution in [0.15, 0.2) is 48.5 Å². The van der Waals surface area contributed by atoms with E-state index in [1.807, 2.05) is 24.0 Å². The summed E-state index contributed by atoms with van der Waals surface area (Å²) in [6.45, 7) is 11.0. The topological polar surface area (TPSA) is 48.5 Å². The van der Waals surface area contributed by atoms with Gasteiger partial charge >= 0.3 is 0 Å². The summed E-state index contributed by atoms with van der Waals surface area (Å²) in [6.07, 6.45) is 2.85. The lowest BCUT2D eigenvalue weighted by Gasteiger charge is -2.36. The first-order valence-electron chi connectivity index (χ1n) is 13.4. The van der Waals surface area contributed by atoms with Crippen LogP contribution < -0.4 is 5.32 Å². The quantitative estimate of drug-likeness (QED) is 0.464. The summed E-state index contributed by atoms with van der Waals surface area (Å²) in [5, 5.41) is 4.51. The lowest BCUT2D eigenvalue weighted by molar-refractivity contribution is 0.0686. The highest BCUT2D eigenvalue weighted by Crippen LogP contribution is 2.32. The van der Waals surface area contributed by atoms with Crippen LogP contribution in [-0.2, 0) is 13.0 Å².